The zero-order valence-electron chi connectivity index (χ0n) is 19.4. The molecule has 0 fully saturated rings. The maximum atomic E-state index is 13.3. The predicted octanol–water partition coefficient (Wildman–Crippen LogP) is 7.21. The zero-order valence-corrected chi connectivity index (χ0v) is 19.4. The number of fused-ring (bicyclic) bond motifs is 1. The van der Waals surface area contributed by atoms with Gasteiger partial charge in [0.1, 0.15) is 18.0 Å². The molecule has 6 nitrogen and oxygen atoms in total. The molecule has 0 aliphatic carbocycles. The summed E-state index contributed by atoms with van der Waals surface area (Å²) in [5.41, 5.74) is 3.61. The Bertz CT molecular complexity index is 1550. The second kappa shape index (κ2) is 9.26. The molecule has 2 N–H and O–H groups in total. The number of benzene rings is 2. The molecule has 5 rings (SSSR count). The summed E-state index contributed by atoms with van der Waals surface area (Å²) >= 11 is 0. The molecule has 0 radical (unpaired) electrons. The largest absolute Gasteiger partial charge is 0.416 e. The van der Waals surface area contributed by atoms with Crippen molar-refractivity contribution in [3.05, 3.63) is 96.2 Å². The van der Waals surface area contributed by atoms with E-state index >= 15 is 0 Å². The molecule has 0 saturated heterocycles. The average molecular weight is 487 g/mol. The van der Waals surface area contributed by atoms with E-state index in [2.05, 4.69) is 30.6 Å². The van der Waals surface area contributed by atoms with E-state index in [1.165, 1.54) is 12.4 Å². The maximum absolute atomic E-state index is 13.3. The van der Waals surface area contributed by atoms with Crippen LogP contribution in [0.1, 0.15) is 16.7 Å². The van der Waals surface area contributed by atoms with Gasteiger partial charge in [-0.15, -0.1) is 0 Å². The number of hydrogen-bond donors (Lipinski definition) is 2. The van der Waals surface area contributed by atoms with Crippen molar-refractivity contribution in [1.82, 2.24) is 19.9 Å². The van der Waals surface area contributed by atoms with E-state index in [1.54, 1.807) is 25.5 Å². The van der Waals surface area contributed by atoms with Gasteiger partial charge in [-0.1, -0.05) is 18.2 Å². The number of aryl methyl sites for hydroxylation is 2. The first-order valence-electron chi connectivity index (χ1n) is 11.1. The van der Waals surface area contributed by atoms with E-state index in [9.17, 15) is 13.2 Å². The van der Waals surface area contributed by atoms with Crippen molar-refractivity contribution < 1.29 is 13.2 Å². The molecule has 9 heteroatoms. The van der Waals surface area contributed by atoms with Crippen molar-refractivity contribution in [3.8, 4) is 11.3 Å². The Hall–Kier alpha value is -4.53. The minimum Gasteiger partial charge on any atom is -0.339 e. The lowest BCUT2D eigenvalue weighted by atomic mass is 10.0. The molecule has 0 aliphatic rings. The smallest absolute Gasteiger partial charge is 0.339 e. The predicted molar refractivity (Wildman–Crippen MR) is 134 cm³/mol. The SMILES string of the molecule is Cc1ccc(C(F)(F)F)cc1Nc1nccc2c(Nc3ncccc3-c3ccncn3)c(C)ccc12. The number of hydrogen-bond acceptors (Lipinski definition) is 6. The van der Waals surface area contributed by atoms with E-state index in [4.69, 9.17) is 0 Å². The van der Waals surface area contributed by atoms with Crippen molar-refractivity contribution in [2.24, 2.45) is 0 Å². The lowest BCUT2D eigenvalue weighted by Crippen LogP contribution is -2.06. The van der Waals surface area contributed by atoms with Crippen molar-refractivity contribution in [2.45, 2.75) is 20.0 Å². The fourth-order valence-electron chi connectivity index (χ4n) is 3.97. The van der Waals surface area contributed by atoms with Gasteiger partial charge in [-0.2, -0.15) is 13.2 Å². The number of nitrogens with one attached hydrogen (secondary N) is 2. The standard InChI is InChI=1S/C27H21F3N6/c1-16-5-7-18(27(28,29)30)14-23(16)35-25-20-8-6-17(2)24(19(20)9-13-33-25)36-26-21(4-3-11-32-26)22-10-12-31-15-34-22/h3-15H,1-2H3,(H,32,36)(H,33,35). The third-order valence-electron chi connectivity index (χ3n) is 5.88. The zero-order chi connectivity index (χ0) is 25.3. The van der Waals surface area contributed by atoms with E-state index < -0.39 is 11.7 Å². The molecule has 0 atom stereocenters. The van der Waals surface area contributed by atoms with E-state index in [1.807, 2.05) is 43.3 Å². The summed E-state index contributed by atoms with van der Waals surface area (Å²) in [4.78, 5) is 17.3. The molecule has 0 unspecified atom stereocenters. The molecule has 0 bridgehead atoms. The highest BCUT2D eigenvalue weighted by Crippen LogP contribution is 2.37. The first kappa shape index (κ1) is 23.2. The van der Waals surface area contributed by atoms with Gasteiger partial charge in [0, 0.05) is 40.6 Å². The maximum Gasteiger partial charge on any atom is 0.416 e. The lowest BCUT2D eigenvalue weighted by molar-refractivity contribution is -0.137. The van der Waals surface area contributed by atoms with Crippen LogP contribution in [0.3, 0.4) is 0 Å². The third-order valence-corrected chi connectivity index (χ3v) is 5.88. The highest BCUT2D eigenvalue weighted by molar-refractivity contribution is 6.03. The molecular formula is C27H21F3N6. The van der Waals surface area contributed by atoms with Gasteiger partial charge < -0.3 is 10.6 Å². The second-order valence-corrected chi connectivity index (χ2v) is 8.28. The third kappa shape index (κ3) is 4.55. The fraction of sp³-hybridized carbons (Fsp3) is 0.111. The molecule has 0 aliphatic heterocycles. The van der Waals surface area contributed by atoms with Crippen LogP contribution in [0.15, 0.2) is 79.5 Å². The van der Waals surface area contributed by atoms with Gasteiger partial charge in [0.15, 0.2) is 0 Å². The minimum absolute atomic E-state index is 0.343. The number of nitrogens with zero attached hydrogens (tertiary/aromatic N) is 4. The first-order chi connectivity index (χ1) is 17.3. The Morgan fingerprint density at radius 1 is 0.722 bits per heavy atom. The van der Waals surface area contributed by atoms with Crippen LogP contribution in [-0.4, -0.2) is 19.9 Å². The summed E-state index contributed by atoms with van der Waals surface area (Å²) in [5.74, 6) is 1.07. The monoisotopic (exact) mass is 486 g/mol. The van der Waals surface area contributed by atoms with Gasteiger partial charge >= 0.3 is 6.18 Å². The number of aromatic nitrogens is 4. The highest BCUT2D eigenvalue weighted by atomic mass is 19.4. The molecule has 0 spiro atoms. The number of alkyl halides is 3. The summed E-state index contributed by atoms with van der Waals surface area (Å²) in [6.45, 7) is 3.72. The van der Waals surface area contributed by atoms with E-state index in [0.717, 1.165) is 45.4 Å². The van der Waals surface area contributed by atoms with E-state index in [0.29, 0.717) is 22.9 Å². The fourth-order valence-corrected chi connectivity index (χ4v) is 3.97. The Morgan fingerprint density at radius 3 is 2.31 bits per heavy atom. The summed E-state index contributed by atoms with van der Waals surface area (Å²) in [7, 11) is 0. The van der Waals surface area contributed by atoms with Gasteiger partial charge in [0.2, 0.25) is 0 Å². The topological polar surface area (TPSA) is 75.6 Å². The van der Waals surface area contributed by atoms with Crippen LogP contribution < -0.4 is 10.6 Å². The Balaban J connectivity index is 1.57. The van der Waals surface area contributed by atoms with Gasteiger partial charge in [0.05, 0.1) is 16.9 Å². The van der Waals surface area contributed by atoms with Crippen molar-refractivity contribution in [1.29, 1.82) is 0 Å². The summed E-state index contributed by atoms with van der Waals surface area (Å²) in [6, 6.07) is 14.9. The van der Waals surface area contributed by atoms with E-state index in [-0.39, 0.29) is 0 Å². The summed E-state index contributed by atoms with van der Waals surface area (Å²) in [5, 5.41) is 8.14. The molecule has 5 aromatic rings. The molecule has 36 heavy (non-hydrogen) atoms. The molecule has 0 saturated carbocycles. The first-order valence-corrected chi connectivity index (χ1v) is 11.1. The van der Waals surface area contributed by atoms with Crippen molar-refractivity contribution >= 4 is 33.8 Å². The van der Waals surface area contributed by atoms with Crippen LogP contribution in [0.25, 0.3) is 22.0 Å². The van der Waals surface area contributed by atoms with Crippen LogP contribution in [0.2, 0.25) is 0 Å². The second-order valence-electron chi connectivity index (χ2n) is 8.28. The molecule has 180 valence electrons. The van der Waals surface area contributed by atoms with Crippen LogP contribution in [-0.2, 0) is 6.18 Å². The van der Waals surface area contributed by atoms with Gasteiger partial charge in [0.25, 0.3) is 0 Å². The summed E-state index contributed by atoms with van der Waals surface area (Å²) in [6.07, 6.45) is 2.03. The van der Waals surface area contributed by atoms with Crippen LogP contribution in [0, 0.1) is 13.8 Å². The van der Waals surface area contributed by atoms with Crippen LogP contribution in [0.4, 0.5) is 36.2 Å². The normalized spacial score (nSPS) is 11.5. The van der Waals surface area contributed by atoms with Gasteiger partial charge in [-0.25, -0.2) is 19.9 Å². The van der Waals surface area contributed by atoms with Crippen LogP contribution in [0.5, 0.6) is 0 Å². The quantitative estimate of drug-likeness (QED) is 0.273. The number of rotatable bonds is 5. The highest BCUT2D eigenvalue weighted by Gasteiger charge is 2.30. The molecule has 0 amide bonds. The number of halogens is 3. The average Bonchev–Trinajstić information content (AvgIpc) is 2.87. The Morgan fingerprint density at radius 2 is 1.53 bits per heavy atom. The molecule has 3 heterocycles. The van der Waals surface area contributed by atoms with Gasteiger partial charge in [-0.05, 0) is 61.4 Å². The minimum atomic E-state index is -4.44. The van der Waals surface area contributed by atoms with Gasteiger partial charge in [-0.3, -0.25) is 0 Å². The Kier molecular flexibility index (Phi) is 5.97. The molecule has 2 aromatic carbocycles. The van der Waals surface area contributed by atoms with Crippen molar-refractivity contribution in [2.75, 3.05) is 10.6 Å². The molecular weight excluding hydrogens is 465 g/mol. The number of pyridine rings is 2. The van der Waals surface area contributed by atoms with Crippen molar-refractivity contribution in [3.63, 3.8) is 0 Å². The summed E-state index contributed by atoms with van der Waals surface area (Å²) < 4.78 is 39.9. The Labute approximate surface area is 205 Å². The lowest BCUT2D eigenvalue weighted by Gasteiger charge is -2.17. The van der Waals surface area contributed by atoms with Crippen LogP contribution >= 0.6 is 0 Å². The number of anilines is 4. The molecule has 3 aromatic heterocycles.